The highest BCUT2D eigenvalue weighted by Crippen LogP contribution is 2.27. The minimum Gasteiger partial charge on any atom is -0.497 e. The first-order valence-electron chi connectivity index (χ1n) is 6.60. The van der Waals surface area contributed by atoms with Crippen molar-refractivity contribution in [1.29, 1.82) is 0 Å². The fourth-order valence-corrected chi connectivity index (χ4v) is 2.07. The molecule has 0 spiro atoms. The summed E-state index contributed by atoms with van der Waals surface area (Å²) in [6.07, 6.45) is 2.29. The smallest absolute Gasteiger partial charge is 0.134 e. The number of aliphatic hydroxyl groups excluding tert-OH is 2. The van der Waals surface area contributed by atoms with Gasteiger partial charge in [0.15, 0.2) is 0 Å². The van der Waals surface area contributed by atoms with Crippen molar-refractivity contribution in [2.45, 2.75) is 18.9 Å². The van der Waals surface area contributed by atoms with E-state index < -0.39 is 5.54 Å². The second-order valence-electron chi connectivity index (χ2n) is 4.82. The van der Waals surface area contributed by atoms with E-state index in [-0.39, 0.29) is 13.2 Å². The summed E-state index contributed by atoms with van der Waals surface area (Å²) in [6, 6.07) is 7.60. The van der Waals surface area contributed by atoms with Crippen LogP contribution in [0.4, 0.5) is 5.82 Å². The number of hydrogen-bond donors (Lipinski definition) is 3. The molecule has 0 aliphatic heterocycles. The molecule has 5 heteroatoms. The van der Waals surface area contributed by atoms with Gasteiger partial charge >= 0.3 is 0 Å². The Morgan fingerprint density at radius 1 is 1.25 bits per heavy atom. The largest absolute Gasteiger partial charge is 0.497 e. The molecule has 0 fully saturated rings. The first-order chi connectivity index (χ1) is 9.68. The van der Waals surface area contributed by atoms with Gasteiger partial charge in [-0.2, -0.15) is 0 Å². The maximum Gasteiger partial charge on any atom is 0.134 e. The fourth-order valence-electron chi connectivity index (χ4n) is 2.07. The van der Waals surface area contributed by atoms with Crippen molar-refractivity contribution < 1.29 is 14.9 Å². The molecule has 2 rings (SSSR count). The Bertz CT molecular complexity index is 574. The zero-order chi connectivity index (χ0) is 14.6. The number of hydrogen-bond acceptors (Lipinski definition) is 5. The molecule has 0 atom stereocenters. The number of methoxy groups -OCH3 is 1. The van der Waals surface area contributed by atoms with Crippen LogP contribution < -0.4 is 10.1 Å². The number of nitrogens with zero attached hydrogens (tertiary/aromatic N) is 1. The lowest BCUT2D eigenvalue weighted by atomic mass is 9.98. The van der Waals surface area contributed by atoms with Gasteiger partial charge in [0.1, 0.15) is 11.6 Å². The molecule has 0 aliphatic rings. The molecule has 20 heavy (non-hydrogen) atoms. The van der Waals surface area contributed by atoms with Gasteiger partial charge in [-0.05, 0) is 36.1 Å². The van der Waals surface area contributed by atoms with Gasteiger partial charge in [0.2, 0.25) is 0 Å². The highest BCUT2D eigenvalue weighted by Gasteiger charge is 2.27. The van der Waals surface area contributed by atoms with E-state index in [2.05, 4.69) is 10.3 Å². The standard InChI is InChI=1S/C15H20N2O3/c1-3-15(9-18,10-19)17-14-13-5-4-12(20-2)8-11(13)6-7-16-14/h4-8,18-19H,3,9-10H2,1-2H3,(H,16,17). The third kappa shape index (κ3) is 2.69. The summed E-state index contributed by atoms with van der Waals surface area (Å²) >= 11 is 0. The van der Waals surface area contributed by atoms with Gasteiger partial charge in [-0.1, -0.05) is 6.92 Å². The number of rotatable bonds is 6. The van der Waals surface area contributed by atoms with E-state index in [1.165, 1.54) is 0 Å². The van der Waals surface area contributed by atoms with Crippen molar-refractivity contribution in [2.24, 2.45) is 0 Å². The molecule has 0 saturated heterocycles. The molecular formula is C15H20N2O3. The van der Waals surface area contributed by atoms with Gasteiger partial charge in [-0.3, -0.25) is 0 Å². The van der Waals surface area contributed by atoms with Crippen LogP contribution in [0.3, 0.4) is 0 Å². The maximum atomic E-state index is 9.52. The molecule has 1 heterocycles. The van der Waals surface area contributed by atoms with Crippen molar-refractivity contribution in [3.8, 4) is 5.75 Å². The predicted molar refractivity (Wildman–Crippen MR) is 79.1 cm³/mol. The van der Waals surface area contributed by atoms with Gasteiger partial charge in [0.25, 0.3) is 0 Å². The predicted octanol–water partition coefficient (Wildman–Crippen LogP) is 1.79. The van der Waals surface area contributed by atoms with Gasteiger partial charge in [0, 0.05) is 11.6 Å². The second kappa shape index (κ2) is 6.07. The molecule has 1 aromatic carbocycles. The average Bonchev–Trinajstić information content (AvgIpc) is 2.52. The Morgan fingerprint density at radius 2 is 2.00 bits per heavy atom. The number of aromatic nitrogens is 1. The van der Waals surface area contributed by atoms with Crippen LogP contribution in [0.5, 0.6) is 5.75 Å². The number of benzene rings is 1. The van der Waals surface area contributed by atoms with Crippen LogP contribution >= 0.6 is 0 Å². The summed E-state index contributed by atoms with van der Waals surface area (Å²) in [4.78, 5) is 4.32. The third-order valence-electron chi connectivity index (χ3n) is 3.64. The topological polar surface area (TPSA) is 74.6 Å². The molecule has 108 valence electrons. The van der Waals surface area contributed by atoms with Crippen molar-refractivity contribution in [2.75, 3.05) is 25.6 Å². The SMILES string of the molecule is CCC(CO)(CO)Nc1nccc2cc(OC)ccc12. The Morgan fingerprint density at radius 3 is 2.60 bits per heavy atom. The Kier molecular flexibility index (Phi) is 4.42. The first-order valence-corrected chi connectivity index (χ1v) is 6.60. The highest BCUT2D eigenvalue weighted by molar-refractivity contribution is 5.92. The summed E-state index contributed by atoms with van der Waals surface area (Å²) in [6.45, 7) is 1.59. The zero-order valence-corrected chi connectivity index (χ0v) is 11.8. The van der Waals surface area contributed by atoms with Gasteiger partial charge in [0.05, 0.1) is 25.9 Å². The number of nitrogens with one attached hydrogen (secondary N) is 1. The number of fused-ring (bicyclic) bond motifs is 1. The van der Waals surface area contributed by atoms with Crippen molar-refractivity contribution >= 4 is 16.6 Å². The van der Waals surface area contributed by atoms with E-state index in [1.807, 2.05) is 31.2 Å². The number of ether oxygens (including phenoxy) is 1. The molecule has 2 aromatic rings. The maximum absolute atomic E-state index is 9.52. The van der Waals surface area contributed by atoms with Crippen LogP contribution in [0, 0.1) is 0 Å². The quantitative estimate of drug-likeness (QED) is 0.750. The molecule has 0 saturated carbocycles. The van der Waals surface area contributed by atoms with E-state index in [1.54, 1.807) is 13.3 Å². The van der Waals surface area contributed by atoms with Crippen LogP contribution in [0.15, 0.2) is 30.5 Å². The van der Waals surface area contributed by atoms with E-state index in [4.69, 9.17) is 4.74 Å². The molecule has 1 aromatic heterocycles. The molecule has 3 N–H and O–H groups in total. The molecule has 0 unspecified atom stereocenters. The van der Waals surface area contributed by atoms with E-state index in [0.717, 1.165) is 16.5 Å². The lowest BCUT2D eigenvalue weighted by Gasteiger charge is -2.30. The minimum absolute atomic E-state index is 0.159. The van der Waals surface area contributed by atoms with Crippen molar-refractivity contribution in [3.05, 3.63) is 30.5 Å². The molecule has 5 nitrogen and oxygen atoms in total. The summed E-state index contributed by atoms with van der Waals surface area (Å²) in [5.41, 5.74) is -0.763. The third-order valence-corrected chi connectivity index (χ3v) is 3.64. The lowest BCUT2D eigenvalue weighted by molar-refractivity contribution is 0.132. The van der Waals surface area contributed by atoms with Crippen LogP contribution in [0.2, 0.25) is 0 Å². The van der Waals surface area contributed by atoms with E-state index in [0.29, 0.717) is 12.2 Å². The average molecular weight is 276 g/mol. The number of aliphatic hydroxyl groups is 2. The van der Waals surface area contributed by atoms with Gasteiger partial charge in [-0.25, -0.2) is 4.98 Å². The van der Waals surface area contributed by atoms with Crippen molar-refractivity contribution in [1.82, 2.24) is 4.98 Å². The Hall–Kier alpha value is -1.85. The first kappa shape index (κ1) is 14.6. The van der Waals surface area contributed by atoms with Crippen LogP contribution in [0.1, 0.15) is 13.3 Å². The summed E-state index contributed by atoms with van der Waals surface area (Å²) in [5, 5.41) is 24.1. The molecule has 0 amide bonds. The Labute approximate surface area is 118 Å². The molecule has 0 radical (unpaired) electrons. The van der Waals surface area contributed by atoms with Gasteiger partial charge < -0.3 is 20.3 Å². The normalized spacial score (nSPS) is 11.6. The fraction of sp³-hybridized carbons (Fsp3) is 0.400. The zero-order valence-electron chi connectivity index (χ0n) is 11.8. The van der Waals surface area contributed by atoms with Crippen LogP contribution in [-0.4, -0.2) is 41.1 Å². The number of pyridine rings is 1. The van der Waals surface area contributed by atoms with Crippen molar-refractivity contribution in [3.63, 3.8) is 0 Å². The molecular weight excluding hydrogens is 256 g/mol. The number of anilines is 1. The minimum atomic E-state index is -0.763. The summed E-state index contributed by atoms with van der Waals surface area (Å²) in [7, 11) is 1.63. The van der Waals surface area contributed by atoms with Crippen LogP contribution in [0.25, 0.3) is 10.8 Å². The monoisotopic (exact) mass is 276 g/mol. The summed E-state index contributed by atoms with van der Waals surface area (Å²) < 4.78 is 5.21. The Balaban J connectivity index is 2.44. The van der Waals surface area contributed by atoms with Gasteiger partial charge in [-0.15, -0.1) is 0 Å². The molecule has 0 aliphatic carbocycles. The second-order valence-corrected chi connectivity index (χ2v) is 4.82. The van der Waals surface area contributed by atoms with E-state index in [9.17, 15) is 10.2 Å². The highest BCUT2D eigenvalue weighted by atomic mass is 16.5. The summed E-state index contributed by atoms with van der Waals surface area (Å²) in [5.74, 6) is 1.43. The molecule has 0 bridgehead atoms. The van der Waals surface area contributed by atoms with E-state index >= 15 is 0 Å². The van der Waals surface area contributed by atoms with Crippen LogP contribution in [-0.2, 0) is 0 Å². The lowest BCUT2D eigenvalue weighted by Crippen LogP contribution is -2.45.